The fourth-order valence-corrected chi connectivity index (χ4v) is 1.88. The third-order valence-electron chi connectivity index (χ3n) is 2.92. The molecule has 1 fully saturated rings. The highest BCUT2D eigenvalue weighted by molar-refractivity contribution is 6.11. The molecule has 2 N–H and O–H groups in total. The van der Waals surface area contributed by atoms with E-state index in [-0.39, 0.29) is 29.0 Å². The number of aliphatic imine (C=N–C) groups is 1. The Bertz CT molecular complexity index is 636. The monoisotopic (exact) mass is 290 g/mol. The summed E-state index contributed by atoms with van der Waals surface area (Å²) < 4.78 is 5.25. The molecule has 7 nitrogen and oxygen atoms in total. The number of nitrogens with zero attached hydrogens (tertiary/aromatic N) is 1. The first-order valence-corrected chi connectivity index (χ1v) is 6.33. The zero-order valence-electron chi connectivity index (χ0n) is 11.5. The van der Waals surface area contributed by atoms with Crippen molar-refractivity contribution < 1.29 is 24.2 Å². The van der Waals surface area contributed by atoms with Gasteiger partial charge in [0.2, 0.25) is 0 Å². The van der Waals surface area contributed by atoms with E-state index >= 15 is 0 Å². The third kappa shape index (κ3) is 3.07. The van der Waals surface area contributed by atoms with Crippen LogP contribution in [0.25, 0.3) is 0 Å². The van der Waals surface area contributed by atoms with Gasteiger partial charge in [-0.1, -0.05) is 26.0 Å². The topological polar surface area (TPSA) is 105 Å². The molecule has 0 aliphatic carbocycles. The van der Waals surface area contributed by atoms with E-state index < -0.39 is 18.0 Å². The standard InChI is InChI=1S/C14H14N2O5/c1-7(2)10-12(18)16-14(21-10)15-11(17)8-5-3-4-6-9(8)13(19)20/h3-7,10H,1-2H3,(H,19,20)(H,15,16,17,18)/t10-/m0/s1. The molecule has 2 amide bonds. The van der Waals surface area contributed by atoms with E-state index in [0.29, 0.717) is 0 Å². The van der Waals surface area contributed by atoms with E-state index in [1.165, 1.54) is 24.3 Å². The summed E-state index contributed by atoms with van der Waals surface area (Å²) in [7, 11) is 0. The summed E-state index contributed by atoms with van der Waals surface area (Å²) in [5.41, 5.74) is -0.222. The van der Waals surface area contributed by atoms with Gasteiger partial charge in [0.25, 0.3) is 11.8 Å². The predicted octanol–water partition coefficient (Wildman–Crippen LogP) is 1.05. The highest BCUT2D eigenvalue weighted by atomic mass is 16.5. The quantitative estimate of drug-likeness (QED) is 0.865. The van der Waals surface area contributed by atoms with Crippen molar-refractivity contribution in [2.75, 3.05) is 0 Å². The second-order valence-electron chi connectivity index (χ2n) is 4.84. The van der Waals surface area contributed by atoms with Crippen molar-refractivity contribution in [1.29, 1.82) is 0 Å². The van der Waals surface area contributed by atoms with Crippen LogP contribution in [0.5, 0.6) is 0 Å². The fraction of sp³-hybridized carbons (Fsp3) is 0.286. The molecule has 1 aromatic carbocycles. The van der Waals surface area contributed by atoms with E-state index in [0.717, 1.165) is 0 Å². The van der Waals surface area contributed by atoms with E-state index in [4.69, 9.17) is 9.84 Å². The Balaban J connectivity index is 2.25. The molecule has 0 saturated carbocycles. The Morgan fingerprint density at radius 3 is 2.43 bits per heavy atom. The molecule has 1 aliphatic rings. The first kappa shape index (κ1) is 14.7. The van der Waals surface area contributed by atoms with Crippen molar-refractivity contribution in [3.05, 3.63) is 35.4 Å². The number of carbonyl (C=O) groups is 3. The number of nitrogens with one attached hydrogen (secondary N) is 1. The van der Waals surface area contributed by atoms with Gasteiger partial charge in [-0.2, -0.15) is 4.99 Å². The zero-order chi connectivity index (χ0) is 15.6. The Hall–Kier alpha value is -2.70. The van der Waals surface area contributed by atoms with E-state index in [1.54, 1.807) is 13.8 Å². The maximum Gasteiger partial charge on any atom is 0.336 e. The van der Waals surface area contributed by atoms with Crippen LogP contribution in [-0.4, -0.2) is 35.0 Å². The first-order chi connectivity index (χ1) is 9.90. The van der Waals surface area contributed by atoms with Crippen molar-refractivity contribution in [1.82, 2.24) is 5.32 Å². The number of carboxylic acids is 1. The summed E-state index contributed by atoms with van der Waals surface area (Å²) in [5, 5.41) is 11.4. The molecular formula is C14H14N2O5. The van der Waals surface area contributed by atoms with E-state index in [2.05, 4.69) is 10.3 Å². The number of rotatable bonds is 3. The molecular weight excluding hydrogens is 276 g/mol. The molecule has 21 heavy (non-hydrogen) atoms. The van der Waals surface area contributed by atoms with Crippen molar-refractivity contribution in [2.45, 2.75) is 20.0 Å². The average Bonchev–Trinajstić information content (AvgIpc) is 2.79. The number of carbonyl (C=O) groups excluding carboxylic acids is 2. The molecule has 0 bridgehead atoms. The molecule has 1 saturated heterocycles. The Kier molecular flexibility index (Phi) is 4.02. The highest BCUT2D eigenvalue weighted by Crippen LogP contribution is 2.14. The van der Waals surface area contributed by atoms with Gasteiger partial charge < -0.3 is 9.84 Å². The second kappa shape index (κ2) is 5.74. The van der Waals surface area contributed by atoms with Gasteiger partial charge in [-0.25, -0.2) is 4.79 Å². The molecule has 1 atom stereocenters. The minimum absolute atomic E-state index is 0.0663. The van der Waals surface area contributed by atoms with Gasteiger partial charge >= 0.3 is 12.0 Å². The predicted molar refractivity (Wildman–Crippen MR) is 73.0 cm³/mol. The number of hydrogen-bond donors (Lipinski definition) is 2. The Morgan fingerprint density at radius 1 is 1.29 bits per heavy atom. The zero-order valence-corrected chi connectivity index (χ0v) is 11.5. The maximum atomic E-state index is 12.0. The van der Waals surface area contributed by atoms with E-state index in [1.807, 2.05) is 0 Å². The van der Waals surface area contributed by atoms with Gasteiger partial charge in [0.05, 0.1) is 11.1 Å². The third-order valence-corrected chi connectivity index (χ3v) is 2.92. The number of amidine groups is 1. The molecule has 1 aliphatic heterocycles. The normalized spacial score (nSPS) is 19.5. The smallest absolute Gasteiger partial charge is 0.336 e. The van der Waals surface area contributed by atoms with Gasteiger partial charge in [-0.15, -0.1) is 0 Å². The largest absolute Gasteiger partial charge is 0.478 e. The minimum atomic E-state index is -1.23. The van der Waals surface area contributed by atoms with Crippen LogP contribution < -0.4 is 5.32 Å². The number of amides is 2. The van der Waals surface area contributed by atoms with Crippen LogP contribution in [0.3, 0.4) is 0 Å². The summed E-state index contributed by atoms with van der Waals surface area (Å²) in [4.78, 5) is 38.3. The number of carboxylic acid groups (broad SMARTS) is 1. The first-order valence-electron chi connectivity index (χ1n) is 6.33. The number of hydrogen-bond acceptors (Lipinski definition) is 4. The van der Waals surface area contributed by atoms with Crippen LogP contribution >= 0.6 is 0 Å². The lowest BCUT2D eigenvalue weighted by molar-refractivity contribution is -0.124. The Morgan fingerprint density at radius 2 is 1.90 bits per heavy atom. The van der Waals surface area contributed by atoms with Gasteiger partial charge in [0.1, 0.15) is 0 Å². The summed E-state index contributed by atoms with van der Waals surface area (Å²) in [6.07, 6.45) is -0.703. The lowest BCUT2D eigenvalue weighted by Gasteiger charge is -2.09. The van der Waals surface area contributed by atoms with Crippen molar-refractivity contribution >= 4 is 23.8 Å². The maximum absolute atomic E-state index is 12.0. The number of ether oxygens (including phenoxy) is 1. The summed E-state index contributed by atoms with van der Waals surface area (Å²) in [6.45, 7) is 3.60. The lowest BCUT2D eigenvalue weighted by atomic mass is 10.1. The van der Waals surface area contributed by atoms with Gasteiger partial charge in [-0.3, -0.25) is 14.9 Å². The van der Waals surface area contributed by atoms with Crippen molar-refractivity contribution in [3.63, 3.8) is 0 Å². The summed E-state index contributed by atoms with van der Waals surface area (Å²) in [6, 6.07) is 5.50. The van der Waals surface area contributed by atoms with Gasteiger partial charge in [0.15, 0.2) is 6.10 Å². The molecule has 0 radical (unpaired) electrons. The van der Waals surface area contributed by atoms with Crippen LogP contribution in [-0.2, 0) is 9.53 Å². The molecule has 7 heteroatoms. The molecule has 0 unspecified atom stereocenters. The number of benzene rings is 1. The van der Waals surface area contributed by atoms with Crippen LogP contribution in [0.2, 0.25) is 0 Å². The van der Waals surface area contributed by atoms with Crippen molar-refractivity contribution in [2.24, 2.45) is 10.9 Å². The molecule has 110 valence electrons. The van der Waals surface area contributed by atoms with Crippen LogP contribution in [0.1, 0.15) is 34.6 Å². The molecule has 2 rings (SSSR count). The van der Waals surface area contributed by atoms with Crippen LogP contribution in [0.15, 0.2) is 29.3 Å². The molecule has 1 aromatic rings. The molecule has 0 aromatic heterocycles. The van der Waals surface area contributed by atoms with Gasteiger partial charge in [0, 0.05) is 0 Å². The fourth-order valence-electron chi connectivity index (χ4n) is 1.88. The van der Waals surface area contributed by atoms with E-state index in [9.17, 15) is 14.4 Å². The average molecular weight is 290 g/mol. The highest BCUT2D eigenvalue weighted by Gasteiger charge is 2.34. The van der Waals surface area contributed by atoms with Crippen LogP contribution in [0, 0.1) is 5.92 Å². The second-order valence-corrected chi connectivity index (χ2v) is 4.84. The SMILES string of the molecule is CC(C)[C@@H]1OC(=NC(=O)c2ccccc2C(=O)O)NC1=O. The molecule has 0 spiro atoms. The number of aromatic carboxylic acids is 1. The van der Waals surface area contributed by atoms with Gasteiger partial charge in [-0.05, 0) is 18.1 Å². The summed E-state index contributed by atoms with van der Waals surface area (Å²) in [5.74, 6) is -2.45. The van der Waals surface area contributed by atoms with Crippen molar-refractivity contribution in [3.8, 4) is 0 Å². The molecule has 1 heterocycles. The lowest BCUT2D eigenvalue weighted by Crippen LogP contribution is -2.28. The Labute approximate surface area is 120 Å². The van der Waals surface area contributed by atoms with Crippen LogP contribution in [0.4, 0.5) is 0 Å². The minimum Gasteiger partial charge on any atom is -0.478 e. The summed E-state index contributed by atoms with van der Waals surface area (Å²) >= 11 is 0.